The lowest BCUT2D eigenvalue weighted by molar-refractivity contribution is 0.152. The van der Waals surface area contributed by atoms with Crippen molar-refractivity contribution in [3.8, 4) is 0 Å². The van der Waals surface area contributed by atoms with Gasteiger partial charge in [0.1, 0.15) is 0 Å². The van der Waals surface area contributed by atoms with Gasteiger partial charge in [0, 0.05) is 19.2 Å². The second-order valence-corrected chi connectivity index (χ2v) is 4.70. The molecule has 1 aliphatic carbocycles. The average molecular weight is 219 g/mol. The zero-order valence-electron chi connectivity index (χ0n) is 10.1. The average Bonchev–Trinajstić information content (AvgIpc) is 3.13. The fourth-order valence-corrected chi connectivity index (χ4v) is 2.16. The number of methoxy groups -OCH3 is 1. The van der Waals surface area contributed by atoms with E-state index >= 15 is 0 Å². The summed E-state index contributed by atoms with van der Waals surface area (Å²) in [5.41, 5.74) is 1.35. The SMILES string of the molecule is COCC(N[C@H](C)c1ccccc1)C1CC1. The molecule has 2 heteroatoms. The van der Waals surface area contributed by atoms with Crippen LogP contribution in [0.25, 0.3) is 0 Å². The Morgan fingerprint density at radius 2 is 2.00 bits per heavy atom. The van der Waals surface area contributed by atoms with Gasteiger partial charge in [-0.15, -0.1) is 0 Å². The van der Waals surface area contributed by atoms with Crippen LogP contribution in [0.15, 0.2) is 30.3 Å². The molecular formula is C14H21NO. The predicted octanol–water partition coefficient (Wildman–Crippen LogP) is 2.76. The van der Waals surface area contributed by atoms with E-state index < -0.39 is 0 Å². The van der Waals surface area contributed by atoms with Gasteiger partial charge < -0.3 is 10.1 Å². The van der Waals surface area contributed by atoms with E-state index in [4.69, 9.17) is 4.74 Å². The fraction of sp³-hybridized carbons (Fsp3) is 0.571. The minimum Gasteiger partial charge on any atom is -0.383 e. The summed E-state index contributed by atoms with van der Waals surface area (Å²) in [7, 11) is 1.78. The Balaban J connectivity index is 1.92. The molecule has 1 aromatic carbocycles. The topological polar surface area (TPSA) is 21.3 Å². The standard InChI is InChI=1S/C14H21NO/c1-11(12-6-4-3-5-7-12)15-14(10-16-2)13-8-9-13/h3-7,11,13-15H,8-10H2,1-2H3/t11-,14?/m1/s1. The molecule has 0 bridgehead atoms. The summed E-state index contributed by atoms with van der Waals surface area (Å²) >= 11 is 0. The second kappa shape index (κ2) is 5.46. The van der Waals surface area contributed by atoms with Crippen molar-refractivity contribution < 1.29 is 4.74 Å². The Kier molecular flexibility index (Phi) is 3.97. The molecule has 0 radical (unpaired) electrons. The van der Waals surface area contributed by atoms with E-state index in [9.17, 15) is 0 Å². The molecule has 0 aromatic heterocycles. The van der Waals surface area contributed by atoms with Crippen LogP contribution in [0.3, 0.4) is 0 Å². The van der Waals surface area contributed by atoms with Crippen molar-refractivity contribution in [2.75, 3.05) is 13.7 Å². The van der Waals surface area contributed by atoms with Crippen LogP contribution in [0.5, 0.6) is 0 Å². The maximum Gasteiger partial charge on any atom is 0.0618 e. The van der Waals surface area contributed by atoms with Gasteiger partial charge in [-0.25, -0.2) is 0 Å². The molecule has 0 spiro atoms. The summed E-state index contributed by atoms with van der Waals surface area (Å²) in [5, 5.41) is 3.67. The van der Waals surface area contributed by atoms with Crippen molar-refractivity contribution >= 4 is 0 Å². The van der Waals surface area contributed by atoms with Crippen LogP contribution in [-0.4, -0.2) is 19.8 Å². The largest absolute Gasteiger partial charge is 0.383 e. The van der Waals surface area contributed by atoms with Crippen molar-refractivity contribution in [2.45, 2.75) is 31.8 Å². The van der Waals surface area contributed by atoms with Gasteiger partial charge in [-0.3, -0.25) is 0 Å². The van der Waals surface area contributed by atoms with Crippen molar-refractivity contribution in [1.29, 1.82) is 0 Å². The monoisotopic (exact) mass is 219 g/mol. The smallest absolute Gasteiger partial charge is 0.0618 e. The second-order valence-electron chi connectivity index (χ2n) is 4.70. The van der Waals surface area contributed by atoms with Gasteiger partial charge in [0.15, 0.2) is 0 Å². The van der Waals surface area contributed by atoms with E-state index in [0.717, 1.165) is 12.5 Å². The maximum atomic E-state index is 5.28. The quantitative estimate of drug-likeness (QED) is 0.794. The Hall–Kier alpha value is -0.860. The highest BCUT2D eigenvalue weighted by atomic mass is 16.5. The Morgan fingerprint density at radius 1 is 1.31 bits per heavy atom. The number of hydrogen-bond donors (Lipinski definition) is 1. The highest BCUT2D eigenvalue weighted by Gasteiger charge is 2.31. The normalized spacial score (nSPS) is 19.4. The van der Waals surface area contributed by atoms with Gasteiger partial charge in [0.2, 0.25) is 0 Å². The lowest BCUT2D eigenvalue weighted by atomic mass is 10.1. The molecule has 1 N–H and O–H groups in total. The number of hydrogen-bond acceptors (Lipinski definition) is 2. The summed E-state index contributed by atoms with van der Waals surface area (Å²) in [5.74, 6) is 0.825. The number of ether oxygens (including phenoxy) is 1. The summed E-state index contributed by atoms with van der Waals surface area (Å²) in [6.45, 7) is 3.04. The Labute approximate surface area is 98.0 Å². The van der Waals surface area contributed by atoms with E-state index in [0.29, 0.717) is 12.1 Å². The van der Waals surface area contributed by atoms with E-state index in [1.807, 2.05) is 0 Å². The third-order valence-electron chi connectivity index (χ3n) is 3.30. The van der Waals surface area contributed by atoms with Gasteiger partial charge >= 0.3 is 0 Å². The third kappa shape index (κ3) is 3.06. The fourth-order valence-electron chi connectivity index (χ4n) is 2.16. The Morgan fingerprint density at radius 3 is 2.56 bits per heavy atom. The van der Waals surface area contributed by atoms with Gasteiger partial charge in [-0.05, 0) is 31.2 Å². The number of nitrogens with one attached hydrogen (secondary N) is 1. The maximum absolute atomic E-state index is 5.28. The molecule has 1 aromatic rings. The van der Waals surface area contributed by atoms with Crippen molar-refractivity contribution in [3.05, 3.63) is 35.9 Å². The molecule has 0 amide bonds. The van der Waals surface area contributed by atoms with Crippen LogP contribution in [-0.2, 0) is 4.74 Å². The third-order valence-corrected chi connectivity index (χ3v) is 3.30. The van der Waals surface area contributed by atoms with Gasteiger partial charge in [0.05, 0.1) is 6.61 Å². The van der Waals surface area contributed by atoms with E-state index in [-0.39, 0.29) is 0 Å². The molecular weight excluding hydrogens is 198 g/mol. The molecule has 0 heterocycles. The van der Waals surface area contributed by atoms with E-state index in [1.165, 1.54) is 18.4 Å². The van der Waals surface area contributed by atoms with Crippen molar-refractivity contribution in [2.24, 2.45) is 5.92 Å². The van der Waals surface area contributed by atoms with Crippen molar-refractivity contribution in [1.82, 2.24) is 5.32 Å². The number of rotatable bonds is 6. The minimum absolute atomic E-state index is 0.405. The molecule has 0 saturated heterocycles. The van der Waals surface area contributed by atoms with E-state index in [2.05, 4.69) is 42.6 Å². The molecule has 1 fully saturated rings. The molecule has 2 atom stereocenters. The first-order valence-corrected chi connectivity index (χ1v) is 6.11. The first-order chi connectivity index (χ1) is 7.81. The van der Waals surface area contributed by atoms with Crippen molar-refractivity contribution in [3.63, 3.8) is 0 Å². The first kappa shape index (κ1) is 11.6. The Bertz CT molecular complexity index is 308. The molecule has 1 aliphatic rings. The summed E-state index contributed by atoms with van der Waals surface area (Å²) in [4.78, 5) is 0. The molecule has 0 aliphatic heterocycles. The van der Waals surface area contributed by atoms with Gasteiger partial charge in [-0.2, -0.15) is 0 Å². The first-order valence-electron chi connectivity index (χ1n) is 6.11. The molecule has 1 saturated carbocycles. The highest BCUT2D eigenvalue weighted by Crippen LogP contribution is 2.33. The summed E-state index contributed by atoms with van der Waals surface area (Å²) in [6.07, 6.45) is 2.70. The lowest BCUT2D eigenvalue weighted by Gasteiger charge is -2.23. The lowest BCUT2D eigenvalue weighted by Crippen LogP contribution is -2.36. The van der Waals surface area contributed by atoms with Crippen LogP contribution in [0, 0.1) is 5.92 Å². The van der Waals surface area contributed by atoms with Crippen LogP contribution in [0.4, 0.5) is 0 Å². The van der Waals surface area contributed by atoms with Crippen LogP contribution >= 0.6 is 0 Å². The predicted molar refractivity (Wildman–Crippen MR) is 66.4 cm³/mol. The molecule has 2 rings (SSSR count). The van der Waals surface area contributed by atoms with Gasteiger partial charge in [-0.1, -0.05) is 30.3 Å². The molecule has 88 valence electrons. The van der Waals surface area contributed by atoms with Crippen LogP contribution in [0.2, 0.25) is 0 Å². The van der Waals surface area contributed by atoms with Gasteiger partial charge in [0.25, 0.3) is 0 Å². The highest BCUT2D eigenvalue weighted by molar-refractivity contribution is 5.18. The molecule has 2 nitrogen and oxygen atoms in total. The molecule has 1 unspecified atom stereocenters. The van der Waals surface area contributed by atoms with Crippen LogP contribution in [0.1, 0.15) is 31.4 Å². The number of benzene rings is 1. The summed E-state index contributed by atoms with van der Waals surface area (Å²) < 4.78 is 5.28. The zero-order chi connectivity index (χ0) is 11.4. The zero-order valence-corrected chi connectivity index (χ0v) is 10.1. The minimum atomic E-state index is 0.405. The summed E-state index contributed by atoms with van der Waals surface area (Å²) in [6, 6.07) is 11.5. The van der Waals surface area contributed by atoms with E-state index in [1.54, 1.807) is 7.11 Å². The van der Waals surface area contributed by atoms with Crippen LogP contribution < -0.4 is 5.32 Å². The molecule has 16 heavy (non-hydrogen) atoms.